The van der Waals surface area contributed by atoms with E-state index in [1.807, 2.05) is 39.9 Å². The number of imidazole rings is 1. The van der Waals surface area contributed by atoms with Gasteiger partial charge in [0.25, 0.3) is 5.91 Å². The summed E-state index contributed by atoms with van der Waals surface area (Å²) in [6.45, 7) is 3.88. The van der Waals surface area contributed by atoms with E-state index in [1.54, 1.807) is 12.5 Å². The first-order valence-corrected chi connectivity index (χ1v) is 7.39. The van der Waals surface area contributed by atoms with Crippen molar-refractivity contribution >= 4 is 5.91 Å². The van der Waals surface area contributed by atoms with Crippen molar-refractivity contribution in [1.82, 2.24) is 19.8 Å². The molecule has 2 fully saturated rings. The van der Waals surface area contributed by atoms with E-state index >= 15 is 0 Å². The molecular weight excluding hydrogens is 264 g/mol. The van der Waals surface area contributed by atoms with Gasteiger partial charge in [0.2, 0.25) is 0 Å². The Bertz CT molecular complexity index is 623. The van der Waals surface area contributed by atoms with E-state index in [9.17, 15) is 4.79 Å². The summed E-state index contributed by atoms with van der Waals surface area (Å²) in [6.07, 6.45) is 5.40. The molecule has 2 aliphatic rings. The Hall–Kier alpha value is -2.14. The zero-order valence-electron chi connectivity index (χ0n) is 11.8. The van der Waals surface area contributed by atoms with E-state index in [-0.39, 0.29) is 5.91 Å². The molecule has 3 heterocycles. The maximum Gasteiger partial charge on any atom is 0.253 e. The highest BCUT2D eigenvalue weighted by Crippen LogP contribution is 2.27. The van der Waals surface area contributed by atoms with Crippen molar-refractivity contribution in [3.8, 4) is 5.69 Å². The Morgan fingerprint density at radius 2 is 1.86 bits per heavy atom. The number of nitrogens with one attached hydrogen (secondary N) is 1. The van der Waals surface area contributed by atoms with Gasteiger partial charge in [-0.05, 0) is 36.1 Å². The Balaban J connectivity index is 1.50. The molecule has 5 nitrogen and oxygen atoms in total. The molecule has 0 radical (unpaired) electrons. The normalized spacial score (nSPS) is 24.3. The summed E-state index contributed by atoms with van der Waals surface area (Å²) in [4.78, 5) is 18.6. The summed E-state index contributed by atoms with van der Waals surface area (Å²) in [5.41, 5.74) is 1.79. The van der Waals surface area contributed by atoms with Gasteiger partial charge in [-0.3, -0.25) is 4.79 Å². The van der Waals surface area contributed by atoms with Crippen LogP contribution < -0.4 is 5.32 Å². The van der Waals surface area contributed by atoms with Gasteiger partial charge in [0.1, 0.15) is 0 Å². The molecule has 21 heavy (non-hydrogen) atoms. The Labute approximate surface area is 123 Å². The Kier molecular flexibility index (Phi) is 3.00. The lowest BCUT2D eigenvalue weighted by atomic mass is 10.0. The molecule has 108 valence electrons. The van der Waals surface area contributed by atoms with Crippen molar-refractivity contribution in [3.05, 3.63) is 48.5 Å². The van der Waals surface area contributed by atoms with Crippen LogP contribution in [0.15, 0.2) is 43.0 Å². The van der Waals surface area contributed by atoms with Crippen LogP contribution in [-0.2, 0) is 0 Å². The predicted octanol–water partition coefficient (Wildman–Crippen LogP) is 1.16. The van der Waals surface area contributed by atoms with Crippen LogP contribution in [0.4, 0.5) is 0 Å². The van der Waals surface area contributed by atoms with Crippen LogP contribution in [0, 0.1) is 11.8 Å². The summed E-state index contributed by atoms with van der Waals surface area (Å²) in [7, 11) is 0. The first kappa shape index (κ1) is 12.6. The van der Waals surface area contributed by atoms with Crippen LogP contribution in [-0.4, -0.2) is 46.5 Å². The number of fused-ring (bicyclic) bond motifs is 1. The third-order valence-corrected chi connectivity index (χ3v) is 4.59. The van der Waals surface area contributed by atoms with Gasteiger partial charge in [0.05, 0.1) is 6.33 Å². The molecule has 2 atom stereocenters. The lowest BCUT2D eigenvalue weighted by Crippen LogP contribution is -2.31. The number of hydrogen-bond donors (Lipinski definition) is 1. The highest BCUT2D eigenvalue weighted by atomic mass is 16.2. The standard InChI is InChI=1S/C16H18N4O/c21-16(20-9-13-7-18-8-14(13)10-20)12-1-3-15(4-2-12)19-6-5-17-11-19/h1-6,11,13-14,18H,7-10H2/t13-,14+. The first-order valence-electron chi connectivity index (χ1n) is 7.39. The van der Waals surface area contributed by atoms with E-state index in [2.05, 4.69) is 10.3 Å². The van der Waals surface area contributed by atoms with Gasteiger partial charge >= 0.3 is 0 Å². The minimum Gasteiger partial charge on any atom is -0.338 e. The van der Waals surface area contributed by atoms with Gasteiger partial charge in [-0.15, -0.1) is 0 Å². The van der Waals surface area contributed by atoms with Gasteiger partial charge < -0.3 is 14.8 Å². The second-order valence-electron chi connectivity index (χ2n) is 5.91. The molecule has 1 N–H and O–H groups in total. The largest absolute Gasteiger partial charge is 0.338 e. The van der Waals surface area contributed by atoms with Gasteiger partial charge in [0.15, 0.2) is 0 Å². The van der Waals surface area contributed by atoms with Crippen molar-refractivity contribution in [2.75, 3.05) is 26.2 Å². The molecule has 0 unspecified atom stereocenters. The maximum atomic E-state index is 12.6. The second kappa shape index (κ2) is 5.00. The minimum atomic E-state index is 0.154. The maximum absolute atomic E-state index is 12.6. The Morgan fingerprint density at radius 3 is 2.48 bits per heavy atom. The van der Waals surface area contributed by atoms with Crippen LogP contribution in [0.1, 0.15) is 10.4 Å². The van der Waals surface area contributed by atoms with Crippen LogP contribution in [0.2, 0.25) is 0 Å². The fourth-order valence-electron chi connectivity index (χ4n) is 3.39. The average molecular weight is 282 g/mol. The monoisotopic (exact) mass is 282 g/mol. The summed E-state index contributed by atoms with van der Waals surface area (Å²) >= 11 is 0. The van der Waals surface area contributed by atoms with E-state index in [4.69, 9.17) is 0 Å². The third-order valence-electron chi connectivity index (χ3n) is 4.59. The number of carbonyl (C=O) groups excluding carboxylic acids is 1. The highest BCUT2D eigenvalue weighted by Gasteiger charge is 2.38. The molecule has 2 aromatic rings. The smallest absolute Gasteiger partial charge is 0.253 e. The molecule has 2 saturated heterocycles. The van der Waals surface area contributed by atoms with Crippen molar-refractivity contribution < 1.29 is 4.79 Å². The fraction of sp³-hybridized carbons (Fsp3) is 0.375. The molecule has 2 aliphatic heterocycles. The van der Waals surface area contributed by atoms with Crippen LogP contribution in [0.5, 0.6) is 0 Å². The van der Waals surface area contributed by atoms with E-state index in [1.165, 1.54) is 0 Å². The number of aromatic nitrogens is 2. The molecule has 0 saturated carbocycles. The molecule has 5 heteroatoms. The predicted molar refractivity (Wildman–Crippen MR) is 79.3 cm³/mol. The Morgan fingerprint density at radius 1 is 1.14 bits per heavy atom. The summed E-state index contributed by atoms with van der Waals surface area (Å²) in [6, 6.07) is 7.74. The van der Waals surface area contributed by atoms with Gasteiger partial charge in [0, 0.05) is 49.8 Å². The number of nitrogens with zero attached hydrogens (tertiary/aromatic N) is 3. The molecule has 1 aromatic heterocycles. The van der Waals surface area contributed by atoms with Crippen molar-refractivity contribution in [2.45, 2.75) is 0 Å². The molecule has 1 amide bonds. The highest BCUT2D eigenvalue weighted by molar-refractivity contribution is 5.94. The molecule has 0 spiro atoms. The molecule has 1 aromatic carbocycles. The summed E-state index contributed by atoms with van der Waals surface area (Å²) in [5.74, 6) is 1.43. The average Bonchev–Trinajstić information content (AvgIpc) is 3.23. The fourth-order valence-corrected chi connectivity index (χ4v) is 3.39. The van der Waals surface area contributed by atoms with Crippen LogP contribution in [0.3, 0.4) is 0 Å². The van der Waals surface area contributed by atoms with Gasteiger partial charge in [-0.2, -0.15) is 0 Å². The number of amides is 1. The summed E-state index contributed by atoms with van der Waals surface area (Å²) in [5, 5.41) is 3.40. The van der Waals surface area contributed by atoms with Crippen molar-refractivity contribution in [2.24, 2.45) is 11.8 Å². The molecule has 0 aliphatic carbocycles. The van der Waals surface area contributed by atoms with Crippen LogP contribution in [0.25, 0.3) is 5.69 Å². The van der Waals surface area contributed by atoms with Crippen molar-refractivity contribution in [1.29, 1.82) is 0 Å². The number of benzene rings is 1. The topological polar surface area (TPSA) is 50.2 Å². The first-order chi connectivity index (χ1) is 10.3. The SMILES string of the molecule is O=C(c1ccc(-n2ccnc2)cc1)N1C[C@H]2CNC[C@H]2C1. The van der Waals surface area contributed by atoms with E-state index in [0.29, 0.717) is 11.8 Å². The van der Waals surface area contributed by atoms with E-state index in [0.717, 1.165) is 37.4 Å². The molecular formula is C16H18N4O. The lowest BCUT2D eigenvalue weighted by Gasteiger charge is -2.17. The van der Waals surface area contributed by atoms with Gasteiger partial charge in [-0.1, -0.05) is 0 Å². The number of carbonyl (C=O) groups is 1. The quantitative estimate of drug-likeness (QED) is 0.899. The molecule has 0 bridgehead atoms. The number of rotatable bonds is 2. The number of likely N-dealkylation sites (tertiary alicyclic amines) is 1. The lowest BCUT2D eigenvalue weighted by molar-refractivity contribution is 0.0781. The minimum absolute atomic E-state index is 0.154. The summed E-state index contributed by atoms with van der Waals surface area (Å²) < 4.78 is 1.93. The number of hydrogen-bond acceptors (Lipinski definition) is 3. The van der Waals surface area contributed by atoms with E-state index < -0.39 is 0 Å². The zero-order valence-corrected chi connectivity index (χ0v) is 11.8. The van der Waals surface area contributed by atoms with Gasteiger partial charge in [-0.25, -0.2) is 4.98 Å². The zero-order chi connectivity index (χ0) is 14.2. The molecule has 4 rings (SSSR count). The van der Waals surface area contributed by atoms with Crippen LogP contribution >= 0.6 is 0 Å². The third kappa shape index (κ3) is 2.23. The second-order valence-corrected chi connectivity index (χ2v) is 5.91. The van der Waals surface area contributed by atoms with Crippen molar-refractivity contribution in [3.63, 3.8) is 0 Å².